The van der Waals surface area contributed by atoms with Crippen molar-refractivity contribution in [2.45, 2.75) is 38.3 Å². The number of nitrogens with one attached hydrogen (secondary N) is 2. The minimum absolute atomic E-state index is 0.240. The average molecular weight is 277 g/mol. The first-order chi connectivity index (χ1) is 9.63. The SMILES string of the molecule is CC(=O)Nc1cc(NC2CCN3CCCC23)ccc1F. The lowest BCUT2D eigenvalue weighted by Crippen LogP contribution is -2.33. The Kier molecular flexibility index (Phi) is 3.61. The summed E-state index contributed by atoms with van der Waals surface area (Å²) >= 11 is 0. The summed E-state index contributed by atoms with van der Waals surface area (Å²) in [6, 6.07) is 5.83. The third-order valence-corrected chi connectivity index (χ3v) is 4.24. The molecule has 0 aromatic heterocycles. The normalized spacial score (nSPS) is 25.5. The van der Waals surface area contributed by atoms with Crippen molar-refractivity contribution in [1.82, 2.24) is 4.90 Å². The van der Waals surface area contributed by atoms with E-state index in [0.717, 1.165) is 18.7 Å². The van der Waals surface area contributed by atoms with Crippen LogP contribution in [0.4, 0.5) is 15.8 Å². The van der Waals surface area contributed by atoms with Gasteiger partial charge in [0.15, 0.2) is 0 Å². The molecule has 108 valence electrons. The van der Waals surface area contributed by atoms with Crippen LogP contribution in [-0.4, -0.2) is 36.0 Å². The molecule has 2 unspecified atom stereocenters. The van der Waals surface area contributed by atoms with Crippen LogP contribution in [0.3, 0.4) is 0 Å². The van der Waals surface area contributed by atoms with Crippen LogP contribution >= 0.6 is 0 Å². The molecule has 0 spiro atoms. The van der Waals surface area contributed by atoms with E-state index in [1.165, 1.54) is 32.4 Å². The first kappa shape index (κ1) is 13.4. The molecule has 0 saturated carbocycles. The maximum atomic E-state index is 13.6. The van der Waals surface area contributed by atoms with Gasteiger partial charge < -0.3 is 10.6 Å². The van der Waals surface area contributed by atoms with Crippen LogP contribution in [0.2, 0.25) is 0 Å². The Bertz CT molecular complexity index is 520. The summed E-state index contributed by atoms with van der Waals surface area (Å²) in [6.45, 7) is 3.72. The predicted octanol–water partition coefficient (Wildman–Crippen LogP) is 2.43. The van der Waals surface area contributed by atoms with Crippen LogP contribution in [0.25, 0.3) is 0 Å². The minimum Gasteiger partial charge on any atom is -0.381 e. The molecule has 2 N–H and O–H groups in total. The largest absolute Gasteiger partial charge is 0.381 e. The second-order valence-electron chi connectivity index (χ2n) is 5.66. The number of anilines is 2. The van der Waals surface area contributed by atoms with E-state index in [4.69, 9.17) is 0 Å². The van der Waals surface area contributed by atoms with Gasteiger partial charge in [-0.25, -0.2) is 4.39 Å². The second-order valence-corrected chi connectivity index (χ2v) is 5.66. The Morgan fingerprint density at radius 1 is 1.35 bits per heavy atom. The highest BCUT2D eigenvalue weighted by Crippen LogP contribution is 2.31. The topological polar surface area (TPSA) is 44.4 Å². The third-order valence-electron chi connectivity index (χ3n) is 4.24. The lowest BCUT2D eigenvalue weighted by atomic mass is 10.1. The van der Waals surface area contributed by atoms with E-state index in [2.05, 4.69) is 15.5 Å². The Labute approximate surface area is 118 Å². The third kappa shape index (κ3) is 2.63. The van der Waals surface area contributed by atoms with Crippen molar-refractivity contribution in [3.05, 3.63) is 24.0 Å². The highest BCUT2D eigenvalue weighted by atomic mass is 19.1. The summed E-state index contributed by atoms with van der Waals surface area (Å²) < 4.78 is 13.6. The zero-order chi connectivity index (χ0) is 14.1. The van der Waals surface area contributed by atoms with Gasteiger partial charge in [-0.2, -0.15) is 0 Å². The highest BCUT2D eigenvalue weighted by Gasteiger charge is 2.36. The number of rotatable bonds is 3. The molecule has 2 saturated heterocycles. The number of nitrogens with zero attached hydrogens (tertiary/aromatic N) is 1. The molecule has 2 fully saturated rings. The lowest BCUT2D eigenvalue weighted by molar-refractivity contribution is -0.114. The molecule has 2 atom stereocenters. The van der Waals surface area contributed by atoms with E-state index in [0.29, 0.717) is 12.1 Å². The lowest BCUT2D eigenvalue weighted by Gasteiger charge is -2.22. The fourth-order valence-corrected chi connectivity index (χ4v) is 3.37. The number of hydrogen-bond donors (Lipinski definition) is 2. The molecule has 2 heterocycles. The van der Waals surface area contributed by atoms with Crippen LogP contribution in [0.1, 0.15) is 26.2 Å². The first-order valence-electron chi connectivity index (χ1n) is 7.21. The van der Waals surface area contributed by atoms with E-state index in [-0.39, 0.29) is 11.6 Å². The molecule has 1 amide bonds. The van der Waals surface area contributed by atoms with Crippen molar-refractivity contribution < 1.29 is 9.18 Å². The monoisotopic (exact) mass is 277 g/mol. The smallest absolute Gasteiger partial charge is 0.221 e. The number of halogens is 1. The van der Waals surface area contributed by atoms with Gasteiger partial charge in [-0.1, -0.05) is 0 Å². The van der Waals surface area contributed by atoms with E-state index < -0.39 is 5.82 Å². The van der Waals surface area contributed by atoms with Crippen molar-refractivity contribution in [1.29, 1.82) is 0 Å². The molecule has 0 aliphatic carbocycles. The Morgan fingerprint density at radius 2 is 2.20 bits per heavy atom. The quantitative estimate of drug-likeness (QED) is 0.892. The van der Waals surface area contributed by atoms with Crippen LogP contribution in [0.5, 0.6) is 0 Å². The standard InChI is InChI=1S/C15H20FN3O/c1-10(20)17-14-9-11(4-5-12(14)16)18-13-6-8-19-7-2-3-15(13)19/h4-5,9,13,15,18H,2-3,6-8H2,1H3,(H,17,20). The first-order valence-corrected chi connectivity index (χ1v) is 7.21. The number of carbonyl (C=O) groups is 1. The Hall–Kier alpha value is -1.62. The van der Waals surface area contributed by atoms with Crippen molar-refractivity contribution in [3.63, 3.8) is 0 Å². The average Bonchev–Trinajstić information content (AvgIpc) is 2.98. The summed E-state index contributed by atoms with van der Waals surface area (Å²) in [6.07, 6.45) is 3.62. The van der Waals surface area contributed by atoms with Gasteiger partial charge in [0.05, 0.1) is 5.69 Å². The second kappa shape index (κ2) is 5.40. The summed E-state index contributed by atoms with van der Waals surface area (Å²) in [5.41, 5.74) is 1.11. The van der Waals surface area contributed by atoms with Crippen molar-refractivity contribution in [2.24, 2.45) is 0 Å². The van der Waals surface area contributed by atoms with Gasteiger partial charge >= 0.3 is 0 Å². The van der Waals surface area contributed by atoms with Gasteiger partial charge in [-0.15, -0.1) is 0 Å². The summed E-state index contributed by atoms with van der Waals surface area (Å²) in [5.74, 6) is -0.663. The molecule has 4 nitrogen and oxygen atoms in total. The van der Waals surface area contributed by atoms with Gasteiger partial charge in [-0.05, 0) is 44.0 Å². The molecule has 2 aliphatic rings. The molecule has 0 radical (unpaired) electrons. The summed E-state index contributed by atoms with van der Waals surface area (Å²) in [7, 11) is 0. The van der Waals surface area contributed by atoms with Gasteiger partial charge in [0, 0.05) is 31.2 Å². The Balaban J connectivity index is 1.72. The van der Waals surface area contributed by atoms with Crippen molar-refractivity contribution >= 4 is 17.3 Å². The van der Waals surface area contributed by atoms with Gasteiger partial charge in [0.25, 0.3) is 0 Å². The minimum atomic E-state index is -0.403. The van der Waals surface area contributed by atoms with E-state index >= 15 is 0 Å². The van der Waals surface area contributed by atoms with Crippen molar-refractivity contribution in [2.75, 3.05) is 23.7 Å². The van der Waals surface area contributed by atoms with Crippen LogP contribution in [0.15, 0.2) is 18.2 Å². The van der Waals surface area contributed by atoms with Gasteiger partial charge in [-0.3, -0.25) is 9.69 Å². The number of benzene rings is 1. The maximum Gasteiger partial charge on any atom is 0.221 e. The molecule has 1 aromatic rings. The molecular weight excluding hydrogens is 257 g/mol. The van der Waals surface area contributed by atoms with E-state index in [1.807, 2.05) is 0 Å². The molecular formula is C15H20FN3O. The van der Waals surface area contributed by atoms with Gasteiger partial charge in [0.2, 0.25) is 5.91 Å². The van der Waals surface area contributed by atoms with Crippen LogP contribution < -0.4 is 10.6 Å². The summed E-state index contributed by atoms with van der Waals surface area (Å²) in [5, 5.41) is 6.01. The highest BCUT2D eigenvalue weighted by molar-refractivity contribution is 5.89. The fraction of sp³-hybridized carbons (Fsp3) is 0.533. The molecule has 1 aromatic carbocycles. The van der Waals surface area contributed by atoms with Crippen LogP contribution in [-0.2, 0) is 4.79 Å². The van der Waals surface area contributed by atoms with E-state index in [1.54, 1.807) is 12.1 Å². The van der Waals surface area contributed by atoms with Gasteiger partial charge in [0.1, 0.15) is 5.82 Å². The van der Waals surface area contributed by atoms with Crippen molar-refractivity contribution in [3.8, 4) is 0 Å². The van der Waals surface area contributed by atoms with E-state index in [9.17, 15) is 9.18 Å². The summed E-state index contributed by atoms with van der Waals surface area (Å²) in [4.78, 5) is 13.6. The molecule has 2 aliphatic heterocycles. The molecule has 20 heavy (non-hydrogen) atoms. The number of carbonyl (C=O) groups excluding carboxylic acids is 1. The molecule has 3 rings (SSSR count). The number of amides is 1. The maximum absolute atomic E-state index is 13.6. The Morgan fingerprint density at radius 3 is 3.00 bits per heavy atom. The number of fused-ring (bicyclic) bond motifs is 1. The molecule has 5 heteroatoms. The number of hydrogen-bond acceptors (Lipinski definition) is 3. The zero-order valence-electron chi connectivity index (χ0n) is 11.7. The predicted molar refractivity (Wildman–Crippen MR) is 77.3 cm³/mol. The molecule has 0 bridgehead atoms. The van der Waals surface area contributed by atoms with Crippen LogP contribution in [0, 0.1) is 5.82 Å². The fourth-order valence-electron chi connectivity index (χ4n) is 3.37. The zero-order valence-corrected chi connectivity index (χ0v) is 11.7.